The van der Waals surface area contributed by atoms with Crippen LogP contribution >= 0.6 is 0 Å². The summed E-state index contributed by atoms with van der Waals surface area (Å²) >= 11 is 0. The van der Waals surface area contributed by atoms with E-state index in [0.717, 1.165) is 18.4 Å². The molecule has 0 saturated carbocycles. The summed E-state index contributed by atoms with van der Waals surface area (Å²) in [7, 11) is 0. The van der Waals surface area contributed by atoms with E-state index in [4.69, 9.17) is 0 Å². The van der Waals surface area contributed by atoms with Gasteiger partial charge in [0.15, 0.2) is 5.78 Å². The average molecular weight is 186 g/mol. The molecule has 1 N–H and O–H groups in total. The molecule has 0 unspecified atom stereocenters. The van der Waals surface area contributed by atoms with Crippen LogP contribution in [0.1, 0.15) is 28.8 Å². The third-order valence-electron chi connectivity index (χ3n) is 2.28. The van der Waals surface area contributed by atoms with Crippen LogP contribution in [0.2, 0.25) is 0 Å². The number of aromatic hydroxyl groups is 1. The standard InChI is InChI=1S/C10H10O2.Na.H/c11-9-5-1-3-7-8(9)4-2-6-10(7)12;;/h1,3,5,11H,2,4,6H2;;. The second-order valence-electron chi connectivity index (χ2n) is 3.08. The van der Waals surface area contributed by atoms with Crippen molar-refractivity contribution in [3.05, 3.63) is 29.3 Å². The molecule has 1 aliphatic carbocycles. The SMILES string of the molecule is O=C1CCCc2c(O)cccc21.[NaH]. The number of ketones is 1. The van der Waals surface area contributed by atoms with Crippen molar-refractivity contribution in [3.8, 4) is 5.75 Å². The van der Waals surface area contributed by atoms with Crippen LogP contribution in [0.5, 0.6) is 5.75 Å². The molecule has 2 rings (SSSR count). The number of carbonyl (C=O) groups excluding carboxylic acids is 1. The number of Topliss-reactive ketones (excluding diaryl/α,β-unsaturated/α-hetero) is 1. The molecule has 1 aromatic rings. The van der Waals surface area contributed by atoms with Gasteiger partial charge in [0.25, 0.3) is 0 Å². The van der Waals surface area contributed by atoms with Gasteiger partial charge in [-0.2, -0.15) is 0 Å². The fourth-order valence-corrected chi connectivity index (χ4v) is 1.66. The quantitative estimate of drug-likeness (QED) is 0.619. The van der Waals surface area contributed by atoms with E-state index >= 15 is 0 Å². The summed E-state index contributed by atoms with van der Waals surface area (Å²) in [4.78, 5) is 11.3. The molecule has 0 bridgehead atoms. The minimum atomic E-state index is 0. The van der Waals surface area contributed by atoms with Crippen molar-refractivity contribution in [2.24, 2.45) is 0 Å². The van der Waals surface area contributed by atoms with E-state index in [1.807, 2.05) is 0 Å². The van der Waals surface area contributed by atoms with Gasteiger partial charge in [0.1, 0.15) is 5.75 Å². The first-order valence-electron chi connectivity index (χ1n) is 4.13. The van der Waals surface area contributed by atoms with Crippen LogP contribution in [0.25, 0.3) is 0 Å². The number of rotatable bonds is 0. The molecule has 3 heteroatoms. The van der Waals surface area contributed by atoms with Crippen molar-refractivity contribution in [3.63, 3.8) is 0 Å². The van der Waals surface area contributed by atoms with Gasteiger partial charge in [-0.15, -0.1) is 0 Å². The normalized spacial score (nSPS) is 14.6. The van der Waals surface area contributed by atoms with E-state index in [0.29, 0.717) is 12.0 Å². The molecule has 0 aliphatic heterocycles. The molecule has 1 aliphatic rings. The summed E-state index contributed by atoms with van der Waals surface area (Å²) in [5.41, 5.74) is 1.54. The molecule has 1 aromatic carbocycles. The summed E-state index contributed by atoms with van der Waals surface area (Å²) in [6.45, 7) is 0. The molecule has 0 aromatic heterocycles. The molecule has 13 heavy (non-hydrogen) atoms. The number of hydrogen-bond acceptors (Lipinski definition) is 2. The van der Waals surface area contributed by atoms with E-state index in [2.05, 4.69) is 0 Å². The maximum absolute atomic E-state index is 11.3. The molecule has 0 saturated heterocycles. The fraction of sp³-hybridized carbons (Fsp3) is 0.300. The Balaban J connectivity index is 0.000000845. The van der Waals surface area contributed by atoms with Crippen molar-refractivity contribution in [2.75, 3.05) is 0 Å². The van der Waals surface area contributed by atoms with Gasteiger partial charge in [0.2, 0.25) is 0 Å². The van der Waals surface area contributed by atoms with E-state index in [9.17, 15) is 9.90 Å². The minimum absolute atomic E-state index is 0. The number of hydrogen-bond donors (Lipinski definition) is 1. The number of benzene rings is 1. The Labute approximate surface area is 99.3 Å². The Morgan fingerprint density at radius 3 is 2.69 bits per heavy atom. The first kappa shape index (κ1) is 10.8. The van der Waals surface area contributed by atoms with Gasteiger partial charge in [0, 0.05) is 17.5 Å². The molecule has 0 spiro atoms. The number of carbonyl (C=O) groups is 1. The van der Waals surface area contributed by atoms with Gasteiger partial charge < -0.3 is 5.11 Å². The fourth-order valence-electron chi connectivity index (χ4n) is 1.66. The van der Waals surface area contributed by atoms with Gasteiger partial charge in [0.05, 0.1) is 0 Å². The van der Waals surface area contributed by atoms with Gasteiger partial charge >= 0.3 is 29.6 Å². The molecule has 0 radical (unpaired) electrons. The van der Waals surface area contributed by atoms with Crippen LogP contribution in [0.3, 0.4) is 0 Å². The van der Waals surface area contributed by atoms with Crippen molar-refractivity contribution < 1.29 is 9.90 Å². The Bertz CT molecular complexity index is 334. The average Bonchev–Trinajstić information content (AvgIpc) is 2.07. The Morgan fingerprint density at radius 2 is 2.00 bits per heavy atom. The molecule has 0 amide bonds. The van der Waals surface area contributed by atoms with Crippen molar-refractivity contribution in [1.29, 1.82) is 0 Å². The van der Waals surface area contributed by atoms with Crippen LogP contribution in [-0.2, 0) is 6.42 Å². The van der Waals surface area contributed by atoms with Crippen LogP contribution in [0.15, 0.2) is 18.2 Å². The molecule has 0 atom stereocenters. The second kappa shape index (κ2) is 4.27. The third kappa shape index (κ3) is 1.96. The van der Waals surface area contributed by atoms with Crippen LogP contribution < -0.4 is 0 Å². The zero-order valence-corrected chi connectivity index (χ0v) is 6.71. The predicted molar refractivity (Wildman–Crippen MR) is 52.5 cm³/mol. The van der Waals surface area contributed by atoms with Crippen LogP contribution in [-0.4, -0.2) is 40.4 Å². The van der Waals surface area contributed by atoms with Crippen molar-refractivity contribution >= 4 is 35.3 Å². The zero-order valence-electron chi connectivity index (χ0n) is 6.71. The molecule has 0 heterocycles. The van der Waals surface area contributed by atoms with E-state index in [1.165, 1.54) is 0 Å². The molecule has 2 nitrogen and oxygen atoms in total. The maximum atomic E-state index is 11.3. The summed E-state index contributed by atoms with van der Waals surface area (Å²) < 4.78 is 0. The summed E-state index contributed by atoms with van der Waals surface area (Å²) in [5.74, 6) is 0.424. The van der Waals surface area contributed by atoms with Gasteiger partial charge in [-0.1, -0.05) is 12.1 Å². The van der Waals surface area contributed by atoms with E-state index < -0.39 is 0 Å². The molecule has 0 fully saturated rings. The first-order chi connectivity index (χ1) is 5.79. The number of phenolic OH excluding ortho intramolecular Hbond substituents is 1. The molecule has 64 valence electrons. The number of fused-ring (bicyclic) bond motifs is 1. The summed E-state index contributed by atoms with van der Waals surface area (Å²) in [5, 5.41) is 9.42. The van der Waals surface area contributed by atoms with E-state index in [-0.39, 0.29) is 41.1 Å². The second-order valence-corrected chi connectivity index (χ2v) is 3.08. The van der Waals surface area contributed by atoms with Gasteiger partial charge in [-0.25, -0.2) is 0 Å². The van der Waals surface area contributed by atoms with E-state index in [1.54, 1.807) is 18.2 Å². The first-order valence-corrected chi connectivity index (χ1v) is 4.13. The summed E-state index contributed by atoms with van der Waals surface area (Å²) in [6, 6.07) is 5.14. The Hall–Kier alpha value is -0.310. The summed E-state index contributed by atoms with van der Waals surface area (Å²) in [6.07, 6.45) is 2.31. The predicted octanol–water partition coefficient (Wildman–Crippen LogP) is 1.26. The third-order valence-corrected chi connectivity index (χ3v) is 2.28. The Morgan fingerprint density at radius 1 is 1.23 bits per heavy atom. The van der Waals surface area contributed by atoms with Crippen molar-refractivity contribution in [2.45, 2.75) is 19.3 Å². The topological polar surface area (TPSA) is 37.3 Å². The van der Waals surface area contributed by atoms with Gasteiger partial charge in [-0.3, -0.25) is 4.79 Å². The number of phenols is 1. The van der Waals surface area contributed by atoms with Crippen LogP contribution in [0.4, 0.5) is 0 Å². The monoisotopic (exact) mass is 186 g/mol. The Kier molecular flexibility index (Phi) is 3.54. The van der Waals surface area contributed by atoms with Crippen LogP contribution in [0, 0.1) is 0 Å². The molecular formula is C10H11NaO2. The van der Waals surface area contributed by atoms with Crippen molar-refractivity contribution in [1.82, 2.24) is 0 Å². The van der Waals surface area contributed by atoms with Gasteiger partial charge in [-0.05, 0) is 18.9 Å². The zero-order chi connectivity index (χ0) is 8.55. The molecular weight excluding hydrogens is 175 g/mol.